The number of carbonyl (C=O) groups excluding carboxylic acids is 1. The van der Waals surface area contributed by atoms with E-state index in [0.717, 1.165) is 0 Å². The number of nitrogens with one attached hydrogen (secondary N) is 1. The van der Waals surface area contributed by atoms with Gasteiger partial charge in [0.1, 0.15) is 11.4 Å². The van der Waals surface area contributed by atoms with Gasteiger partial charge >= 0.3 is 0 Å². The molecule has 3 rings (SSSR count). The molecule has 0 aliphatic heterocycles. The van der Waals surface area contributed by atoms with Crippen molar-refractivity contribution in [1.82, 2.24) is 20.3 Å². The fraction of sp³-hybridized carbons (Fsp3) is 0.118. The molecular formula is C17H17N5O4S. The summed E-state index contributed by atoms with van der Waals surface area (Å²) in [6, 6.07) is 12.6. The number of hydrogen-bond donors (Lipinski definition) is 2. The van der Waals surface area contributed by atoms with Crippen molar-refractivity contribution in [3.8, 4) is 11.4 Å². The lowest BCUT2D eigenvalue weighted by Gasteiger charge is -2.04. The zero-order chi connectivity index (χ0) is 19.4. The number of nitrogens with two attached hydrogens (primary N) is 1. The van der Waals surface area contributed by atoms with Gasteiger partial charge in [-0.2, -0.15) is 0 Å². The summed E-state index contributed by atoms with van der Waals surface area (Å²) in [5.74, 6) is 0.424. The molecule has 1 amide bonds. The predicted molar refractivity (Wildman–Crippen MR) is 96.9 cm³/mol. The van der Waals surface area contributed by atoms with E-state index in [1.54, 1.807) is 49.7 Å². The highest BCUT2D eigenvalue weighted by Crippen LogP contribution is 2.13. The Hall–Kier alpha value is -3.24. The quantitative estimate of drug-likeness (QED) is 0.645. The van der Waals surface area contributed by atoms with Crippen molar-refractivity contribution >= 4 is 15.9 Å². The van der Waals surface area contributed by atoms with Crippen molar-refractivity contribution in [1.29, 1.82) is 0 Å². The first-order chi connectivity index (χ1) is 12.9. The van der Waals surface area contributed by atoms with Crippen LogP contribution in [0.3, 0.4) is 0 Å². The van der Waals surface area contributed by atoms with Crippen LogP contribution >= 0.6 is 0 Å². The first-order valence-corrected chi connectivity index (χ1v) is 9.38. The van der Waals surface area contributed by atoms with E-state index in [9.17, 15) is 13.2 Å². The van der Waals surface area contributed by atoms with E-state index < -0.39 is 10.0 Å². The third-order valence-corrected chi connectivity index (χ3v) is 4.68. The molecule has 0 spiro atoms. The second-order valence-electron chi connectivity index (χ2n) is 5.60. The number of primary sulfonamides is 1. The largest absolute Gasteiger partial charge is 0.497 e. The maximum atomic E-state index is 12.2. The topological polar surface area (TPSA) is 129 Å². The first kappa shape index (κ1) is 18.5. The molecule has 1 heterocycles. The Morgan fingerprint density at radius 1 is 1.15 bits per heavy atom. The minimum absolute atomic E-state index is 0.0124. The Labute approximate surface area is 155 Å². The molecule has 0 saturated heterocycles. The first-order valence-electron chi connectivity index (χ1n) is 7.83. The van der Waals surface area contributed by atoms with E-state index in [2.05, 4.69) is 15.6 Å². The van der Waals surface area contributed by atoms with Gasteiger partial charge in [0.2, 0.25) is 10.0 Å². The summed E-state index contributed by atoms with van der Waals surface area (Å²) in [6.45, 7) is 0.195. The third kappa shape index (κ3) is 4.49. The maximum Gasteiger partial charge on any atom is 0.251 e. The van der Waals surface area contributed by atoms with Crippen molar-refractivity contribution < 1.29 is 17.9 Å². The van der Waals surface area contributed by atoms with Crippen molar-refractivity contribution in [2.45, 2.75) is 11.4 Å². The molecule has 0 unspecified atom stereocenters. The minimum Gasteiger partial charge on any atom is -0.497 e. The number of ether oxygens (including phenoxy) is 1. The van der Waals surface area contributed by atoms with Gasteiger partial charge in [0, 0.05) is 5.56 Å². The average molecular weight is 387 g/mol. The highest BCUT2D eigenvalue weighted by Gasteiger charge is 2.10. The normalized spacial score (nSPS) is 11.2. The second-order valence-corrected chi connectivity index (χ2v) is 7.17. The Morgan fingerprint density at radius 2 is 1.81 bits per heavy atom. The Bertz CT molecular complexity index is 1040. The summed E-state index contributed by atoms with van der Waals surface area (Å²) in [4.78, 5) is 12.2. The summed E-state index contributed by atoms with van der Waals surface area (Å²) >= 11 is 0. The van der Waals surface area contributed by atoms with E-state index >= 15 is 0 Å². The molecule has 0 radical (unpaired) electrons. The van der Waals surface area contributed by atoms with Crippen LogP contribution < -0.4 is 15.2 Å². The molecule has 27 heavy (non-hydrogen) atoms. The van der Waals surface area contributed by atoms with Crippen LogP contribution in [0.25, 0.3) is 5.69 Å². The number of nitrogens with zero attached hydrogens (tertiary/aromatic N) is 3. The summed E-state index contributed by atoms with van der Waals surface area (Å²) in [7, 11) is -2.19. The fourth-order valence-electron chi connectivity index (χ4n) is 2.31. The number of rotatable bonds is 6. The van der Waals surface area contributed by atoms with E-state index in [-0.39, 0.29) is 17.3 Å². The molecule has 0 saturated carbocycles. The number of aromatic nitrogens is 3. The van der Waals surface area contributed by atoms with Gasteiger partial charge in [0.15, 0.2) is 0 Å². The van der Waals surface area contributed by atoms with Crippen LogP contribution in [0.2, 0.25) is 0 Å². The van der Waals surface area contributed by atoms with Crippen molar-refractivity contribution in [3.05, 3.63) is 66.0 Å². The number of sulfonamides is 1. The Kier molecular flexibility index (Phi) is 5.19. The molecule has 140 valence electrons. The van der Waals surface area contributed by atoms with Crippen LogP contribution in [-0.4, -0.2) is 36.4 Å². The van der Waals surface area contributed by atoms with Gasteiger partial charge in [0.25, 0.3) is 5.91 Å². The summed E-state index contributed by atoms with van der Waals surface area (Å²) in [6.07, 6.45) is 1.64. The van der Waals surface area contributed by atoms with Gasteiger partial charge in [-0.05, 0) is 48.5 Å². The lowest BCUT2D eigenvalue weighted by molar-refractivity contribution is 0.0950. The van der Waals surface area contributed by atoms with Crippen LogP contribution in [0.5, 0.6) is 5.75 Å². The molecule has 2 aromatic carbocycles. The van der Waals surface area contributed by atoms with Crippen LogP contribution in [-0.2, 0) is 16.6 Å². The van der Waals surface area contributed by atoms with Crippen molar-refractivity contribution in [3.63, 3.8) is 0 Å². The summed E-state index contributed by atoms with van der Waals surface area (Å²) in [5, 5.41) is 15.8. The Balaban J connectivity index is 1.64. The predicted octanol–water partition coefficient (Wildman–Crippen LogP) is 0.853. The smallest absolute Gasteiger partial charge is 0.251 e. The van der Waals surface area contributed by atoms with E-state index in [4.69, 9.17) is 9.88 Å². The number of hydrogen-bond acceptors (Lipinski definition) is 6. The van der Waals surface area contributed by atoms with Crippen molar-refractivity contribution in [2.24, 2.45) is 5.14 Å². The van der Waals surface area contributed by atoms with Crippen LogP contribution in [0.4, 0.5) is 0 Å². The van der Waals surface area contributed by atoms with Gasteiger partial charge in [-0.25, -0.2) is 18.2 Å². The lowest BCUT2D eigenvalue weighted by Crippen LogP contribution is -2.22. The second kappa shape index (κ2) is 7.56. The van der Waals surface area contributed by atoms with Crippen LogP contribution in [0.1, 0.15) is 16.1 Å². The fourth-order valence-corrected chi connectivity index (χ4v) is 2.82. The molecule has 10 heteroatoms. The minimum atomic E-state index is -3.75. The van der Waals surface area contributed by atoms with Crippen molar-refractivity contribution in [2.75, 3.05) is 7.11 Å². The third-order valence-electron chi connectivity index (χ3n) is 3.75. The number of amides is 1. The van der Waals surface area contributed by atoms with Gasteiger partial charge in [-0.15, -0.1) is 5.10 Å². The molecular weight excluding hydrogens is 370 g/mol. The van der Waals surface area contributed by atoms with Gasteiger partial charge in [-0.1, -0.05) is 5.21 Å². The standard InChI is InChI=1S/C17H17N5O4S/c1-26-15-6-2-12(3-7-15)17(23)19-10-13-11-22(21-20-13)14-4-8-16(9-5-14)27(18,24)25/h2-9,11H,10H2,1H3,(H,19,23)(H2,18,24,25). The highest BCUT2D eigenvalue weighted by atomic mass is 32.2. The molecule has 3 N–H and O–H groups in total. The maximum absolute atomic E-state index is 12.2. The summed E-state index contributed by atoms with van der Waals surface area (Å²) in [5.41, 5.74) is 1.66. The molecule has 0 fully saturated rings. The van der Waals surface area contributed by atoms with Crippen LogP contribution in [0, 0.1) is 0 Å². The molecule has 9 nitrogen and oxygen atoms in total. The SMILES string of the molecule is COc1ccc(C(=O)NCc2cn(-c3ccc(S(N)(=O)=O)cc3)nn2)cc1. The molecule has 3 aromatic rings. The molecule has 0 aliphatic rings. The number of benzene rings is 2. The van der Waals surface area contributed by atoms with Gasteiger partial charge < -0.3 is 10.1 Å². The zero-order valence-corrected chi connectivity index (χ0v) is 15.2. The number of carbonyl (C=O) groups is 1. The molecule has 0 aliphatic carbocycles. The van der Waals surface area contributed by atoms with E-state index in [1.807, 2.05) is 0 Å². The van der Waals surface area contributed by atoms with E-state index in [0.29, 0.717) is 22.7 Å². The lowest BCUT2D eigenvalue weighted by atomic mass is 10.2. The highest BCUT2D eigenvalue weighted by molar-refractivity contribution is 7.89. The zero-order valence-electron chi connectivity index (χ0n) is 14.4. The molecule has 0 atom stereocenters. The van der Waals surface area contributed by atoms with Crippen LogP contribution in [0.15, 0.2) is 59.6 Å². The van der Waals surface area contributed by atoms with Gasteiger partial charge in [-0.3, -0.25) is 4.79 Å². The monoisotopic (exact) mass is 387 g/mol. The van der Waals surface area contributed by atoms with E-state index in [1.165, 1.54) is 16.8 Å². The summed E-state index contributed by atoms with van der Waals surface area (Å²) < 4.78 is 29.1. The molecule has 0 bridgehead atoms. The average Bonchev–Trinajstić information content (AvgIpc) is 3.14. The Morgan fingerprint density at radius 3 is 2.41 bits per heavy atom. The number of methoxy groups -OCH3 is 1. The molecule has 1 aromatic heterocycles. The van der Waals surface area contributed by atoms with Gasteiger partial charge in [0.05, 0.1) is 30.4 Å².